The summed E-state index contributed by atoms with van der Waals surface area (Å²) in [4.78, 5) is 0. The second-order valence-corrected chi connectivity index (χ2v) is 4.61. The molecule has 1 fully saturated rings. The van der Waals surface area contributed by atoms with Crippen molar-refractivity contribution >= 4 is 0 Å². The standard InChI is InChI=1S/C13H16F3N/c14-13(15,16)9-11-4-1-3-10(7-11)8-12-5-2-6-17-12/h1,3-4,7,12,17H,2,5-6,8-9H2. The van der Waals surface area contributed by atoms with E-state index < -0.39 is 12.6 Å². The third-order valence-electron chi connectivity index (χ3n) is 3.04. The monoisotopic (exact) mass is 243 g/mol. The fourth-order valence-corrected chi connectivity index (χ4v) is 2.31. The highest BCUT2D eigenvalue weighted by Gasteiger charge is 2.27. The van der Waals surface area contributed by atoms with E-state index in [9.17, 15) is 13.2 Å². The molecule has 0 aliphatic carbocycles. The number of nitrogens with one attached hydrogen (secondary N) is 1. The highest BCUT2D eigenvalue weighted by atomic mass is 19.4. The van der Waals surface area contributed by atoms with E-state index in [4.69, 9.17) is 0 Å². The van der Waals surface area contributed by atoms with Gasteiger partial charge >= 0.3 is 6.18 Å². The maximum atomic E-state index is 12.3. The maximum absolute atomic E-state index is 12.3. The molecule has 0 aromatic heterocycles. The second kappa shape index (κ2) is 5.08. The number of benzene rings is 1. The van der Waals surface area contributed by atoms with Gasteiger partial charge in [-0.25, -0.2) is 0 Å². The third kappa shape index (κ3) is 4.04. The minimum Gasteiger partial charge on any atom is -0.314 e. The molecule has 1 saturated heterocycles. The minimum absolute atomic E-state index is 0.355. The van der Waals surface area contributed by atoms with E-state index in [1.54, 1.807) is 18.2 Å². The van der Waals surface area contributed by atoms with Gasteiger partial charge in [0.25, 0.3) is 0 Å². The number of hydrogen-bond acceptors (Lipinski definition) is 1. The predicted octanol–water partition coefficient (Wildman–Crippen LogP) is 3.09. The summed E-state index contributed by atoms with van der Waals surface area (Å²) in [6.45, 7) is 1.02. The zero-order valence-corrected chi connectivity index (χ0v) is 9.56. The average Bonchev–Trinajstić information content (AvgIpc) is 2.68. The minimum atomic E-state index is -4.12. The van der Waals surface area contributed by atoms with Crippen molar-refractivity contribution in [1.29, 1.82) is 0 Å². The zero-order chi connectivity index (χ0) is 12.3. The fourth-order valence-electron chi connectivity index (χ4n) is 2.31. The number of halogens is 3. The number of alkyl halides is 3. The van der Waals surface area contributed by atoms with Crippen molar-refractivity contribution < 1.29 is 13.2 Å². The molecule has 1 unspecified atom stereocenters. The molecule has 1 aromatic rings. The average molecular weight is 243 g/mol. The van der Waals surface area contributed by atoms with Crippen LogP contribution >= 0.6 is 0 Å². The molecule has 1 aliphatic rings. The lowest BCUT2D eigenvalue weighted by Crippen LogP contribution is -2.23. The van der Waals surface area contributed by atoms with Gasteiger partial charge in [-0.2, -0.15) is 13.2 Å². The van der Waals surface area contributed by atoms with Crippen LogP contribution in [0.15, 0.2) is 24.3 Å². The van der Waals surface area contributed by atoms with Crippen molar-refractivity contribution in [2.75, 3.05) is 6.54 Å². The predicted molar refractivity (Wildman–Crippen MR) is 60.9 cm³/mol. The van der Waals surface area contributed by atoms with Gasteiger partial charge in [0, 0.05) is 6.04 Å². The Kier molecular flexibility index (Phi) is 3.72. The first-order valence-electron chi connectivity index (χ1n) is 5.91. The van der Waals surface area contributed by atoms with E-state index >= 15 is 0 Å². The van der Waals surface area contributed by atoms with Gasteiger partial charge in [-0.3, -0.25) is 0 Å². The van der Waals surface area contributed by atoms with Crippen LogP contribution in [-0.4, -0.2) is 18.8 Å². The van der Waals surface area contributed by atoms with Crippen molar-refractivity contribution in [3.05, 3.63) is 35.4 Å². The Morgan fingerprint density at radius 3 is 2.65 bits per heavy atom. The van der Waals surface area contributed by atoms with Crippen LogP contribution in [0, 0.1) is 0 Å². The summed E-state index contributed by atoms with van der Waals surface area (Å²) in [7, 11) is 0. The van der Waals surface area contributed by atoms with E-state index in [0.717, 1.165) is 31.4 Å². The SMILES string of the molecule is FC(F)(F)Cc1cccc(CC2CCCN2)c1. The Hall–Kier alpha value is -1.03. The molecule has 0 spiro atoms. The van der Waals surface area contributed by atoms with Crippen LogP contribution in [0.25, 0.3) is 0 Å². The molecule has 2 rings (SSSR count). The molecule has 0 radical (unpaired) electrons. The van der Waals surface area contributed by atoms with E-state index in [1.165, 1.54) is 0 Å². The van der Waals surface area contributed by atoms with Crippen molar-refractivity contribution in [1.82, 2.24) is 5.32 Å². The van der Waals surface area contributed by atoms with Gasteiger partial charge < -0.3 is 5.32 Å². The normalized spacial score (nSPS) is 20.8. The van der Waals surface area contributed by atoms with Gasteiger partial charge in [0.05, 0.1) is 6.42 Å². The summed E-state index contributed by atoms with van der Waals surface area (Å²) < 4.78 is 36.8. The molecule has 1 heterocycles. The molecule has 0 bridgehead atoms. The maximum Gasteiger partial charge on any atom is 0.393 e. The molecule has 1 aromatic carbocycles. The Morgan fingerprint density at radius 1 is 1.24 bits per heavy atom. The van der Waals surface area contributed by atoms with Crippen molar-refractivity contribution in [3.63, 3.8) is 0 Å². The van der Waals surface area contributed by atoms with Gasteiger partial charge in [-0.05, 0) is 36.9 Å². The highest BCUT2D eigenvalue weighted by Crippen LogP contribution is 2.22. The molecule has 4 heteroatoms. The third-order valence-corrected chi connectivity index (χ3v) is 3.04. The molecule has 1 nitrogen and oxygen atoms in total. The Bertz CT molecular complexity index is 367. The topological polar surface area (TPSA) is 12.0 Å². The molecule has 1 aliphatic heterocycles. The second-order valence-electron chi connectivity index (χ2n) is 4.61. The quantitative estimate of drug-likeness (QED) is 0.860. The molecule has 1 atom stereocenters. The lowest BCUT2D eigenvalue weighted by Gasteiger charge is -2.12. The van der Waals surface area contributed by atoms with Gasteiger partial charge in [-0.1, -0.05) is 24.3 Å². The van der Waals surface area contributed by atoms with Crippen molar-refractivity contribution in [2.24, 2.45) is 0 Å². The first-order valence-corrected chi connectivity index (χ1v) is 5.91. The summed E-state index contributed by atoms with van der Waals surface area (Å²) in [5, 5.41) is 3.35. The highest BCUT2D eigenvalue weighted by molar-refractivity contribution is 5.25. The van der Waals surface area contributed by atoms with Gasteiger partial charge in [0.2, 0.25) is 0 Å². The van der Waals surface area contributed by atoms with Crippen LogP contribution in [0.5, 0.6) is 0 Å². The molecule has 0 amide bonds. The Labute approximate surface area is 99.0 Å². The van der Waals surface area contributed by atoms with E-state index in [0.29, 0.717) is 11.6 Å². The first-order chi connectivity index (χ1) is 8.03. The summed E-state index contributed by atoms with van der Waals surface area (Å²) in [5.74, 6) is 0. The van der Waals surface area contributed by atoms with Crippen LogP contribution < -0.4 is 5.32 Å². The number of rotatable bonds is 3. The zero-order valence-electron chi connectivity index (χ0n) is 9.56. The number of hydrogen-bond donors (Lipinski definition) is 1. The molecular weight excluding hydrogens is 227 g/mol. The smallest absolute Gasteiger partial charge is 0.314 e. The van der Waals surface area contributed by atoms with Gasteiger partial charge in [0.15, 0.2) is 0 Å². The van der Waals surface area contributed by atoms with Crippen molar-refractivity contribution in [2.45, 2.75) is 37.9 Å². The lowest BCUT2D eigenvalue weighted by atomic mass is 10.0. The van der Waals surface area contributed by atoms with E-state index in [1.807, 2.05) is 6.07 Å². The van der Waals surface area contributed by atoms with Gasteiger partial charge in [-0.15, -0.1) is 0 Å². The molecule has 1 N–H and O–H groups in total. The Morgan fingerprint density at radius 2 is 2.00 bits per heavy atom. The lowest BCUT2D eigenvalue weighted by molar-refractivity contribution is -0.127. The van der Waals surface area contributed by atoms with Crippen LogP contribution in [0.3, 0.4) is 0 Å². The summed E-state index contributed by atoms with van der Waals surface area (Å²) in [5.41, 5.74) is 1.35. The van der Waals surface area contributed by atoms with E-state index in [2.05, 4.69) is 5.32 Å². The Balaban J connectivity index is 2.00. The van der Waals surface area contributed by atoms with Crippen LogP contribution in [0.2, 0.25) is 0 Å². The van der Waals surface area contributed by atoms with E-state index in [-0.39, 0.29) is 0 Å². The van der Waals surface area contributed by atoms with Crippen LogP contribution in [-0.2, 0) is 12.8 Å². The van der Waals surface area contributed by atoms with Crippen molar-refractivity contribution in [3.8, 4) is 0 Å². The summed E-state index contributed by atoms with van der Waals surface area (Å²) in [6, 6.07) is 7.26. The van der Waals surface area contributed by atoms with Crippen LogP contribution in [0.1, 0.15) is 24.0 Å². The molecule has 0 saturated carbocycles. The largest absolute Gasteiger partial charge is 0.393 e. The first kappa shape index (κ1) is 12.4. The molecule has 94 valence electrons. The fraction of sp³-hybridized carbons (Fsp3) is 0.538. The van der Waals surface area contributed by atoms with Gasteiger partial charge in [0.1, 0.15) is 0 Å². The molecule has 17 heavy (non-hydrogen) atoms. The molecular formula is C13H16F3N. The van der Waals surface area contributed by atoms with Crippen LogP contribution in [0.4, 0.5) is 13.2 Å². The summed E-state index contributed by atoms with van der Waals surface area (Å²) >= 11 is 0. The summed E-state index contributed by atoms with van der Waals surface area (Å²) in [6.07, 6.45) is -1.86.